The third-order valence-electron chi connectivity index (χ3n) is 1.21. The molecule has 0 saturated heterocycles. The molecule has 2 N–H and O–H groups in total. The van der Waals surface area contributed by atoms with Gasteiger partial charge in [-0.15, -0.1) is 11.3 Å². The molecule has 0 atom stereocenters. The van der Waals surface area contributed by atoms with E-state index < -0.39 is 0 Å². The lowest BCUT2D eigenvalue weighted by atomic mass is 10.4. The molecule has 11 heavy (non-hydrogen) atoms. The van der Waals surface area contributed by atoms with Crippen molar-refractivity contribution in [1.82, 2.24) is 9.97 Å². The standard InChI is InChI=1S/C6H5N3OS/c7-6-9-4(2-11-6)5-1-8-3-10-5/h1-3H,(H2,7,9). The van der Waals surface area contributed by atoms with Crippen LogP contribution in [0.4, 0.5) is 5.13 Å². The van der Waals surface area contributed by atoms with Crippen molar-refractivity contribution in [2.45, 2.75) is 0 Å². The molecule has 0 aliphatic carbocycles. The first-order chi connectivity index (χ1) is 5.36. The molecule has 2 aromatic rings. The average molecular weight is 167 g/mol. The highest BCUT2D eigenvalue weighted by Crippen LogP contribution is 2.21. The molecule has 0 bridgehead atoms. The van der Waals surface area contributed by atoms with Crippen LogP contribution < -0.4 is 5.73 Å². The Hall–Kier alpha value is -1.36. The van der Waals surface area contributed by atoms with Gasteiger partial charge in [-0.1, -0.05) is 0 Å². The summed E-state index contributed by atoms with van der Waals surface area (Å²) in [7, 11) is 0. The van der Waals surface area contributed by atoms with Crippen molar-refractivity contribution in [2.24, 2.45) is 0 Å². The molecule has 0 spiro atoms. The van der Waals surface area contributed by atoms with Crippen LogP contribution in [0.15, 0.2) is 22.4 Å². The van der Waals surface area contributed by atoms with Crippen LogP contribution in [0.25, 0.3) is 11.5 Å². The molecule has 2 rings (SSSR count). The van der Waals surface area contributed by atoms with Crippen molar-refractivity contribution in [1.29, 1.82) is 0 Å². The Morgan fingerprint density at radius 1 is 1.55 bits per heavy atom. The largest absolute Gasteiger partial charge is 0.442 e. The number of oxazole rings is 1. The van der Waals surface area contributed by atoms with Crippen LogP contribution >= 0.6 is 11.3 Å². The predicted molar refractivity (Wildman–Crippen MR) is 42.0 cm³/mol. The molecule has 56 valence electrons. The molecular formula is C6H5N3OS. The lowest BCUT2D eigenvalue weighted by Crippen LogP contribution is -1.81. The summed E-state index contributed by atoms with van der Waals surface area (Å²) in [6, 6.07) is 0. The zero-order valence-corrected chi connectivity index (χ0v) is 6.34. The van der Waals surface area contributed by atoms with Gasteiger partial charge in [0, 0.05) is 5.38 Å². The predicted octanol–water partition coefficient (Wildman–Crippen LogP) is 1.38. The number of hydrogen-bond acceptors (Lipinski definition) is 5. The van der Waals surface area contributed by atoms with Gasteiger partial charge < -0.3 is 10.2 Å². The number of nitrogens with two attached hydrogens (primary N) is 1. The van der Waals surface area contributed by atoms with Crippen LogP contribution in [0, 0.1) is 0 Å². The van der Waals surface area contributed by atoms with Crippen LogP contribution in [-0.2, 0) is 0 Å². The van der Waals surface area contributed by atoms with Gasteiger partial charge in [0.05, 0.1) is 6.20 Å². The molecule has 0 aliphatic heterocycles. The fourth-order valence-electron chi connectivity index (χ4n) is 0.743. The Labute approximate surface area is 66.7 Å². The Bertz CT molecular complexity index is 340. The first-order valence-electron chi connectivity index (χ1n) is 2.96. The SMILES string of the molecule is Nc1nc(-c2cnco2)cs1. The molecule has 5 heteroatoms. The van der Waals surface area contributed by atoms with Crippen molar-refractivity contribution in [3.8, 4) is 11.5 Å². The Balaban J connectivity index is 2.45. The van der Waals surface area contributed by atoms with E-state index in [1.165, 1.54) is 17.7 Å². The fraction of sp³-hybridized carbons (Fsp3) is 0. The quantitative estimate of drug-likeness (QED) is 0.696. The maximum Gasteiger partial charge on any atom is 0.181 e. The zero-order valence-electron chi connectivity index (χ0n) is 5.52. The van der Waals surface area contributed by atoms with E-state index in [1.807, 2.05) is 5.38 Å². The molecule has 0 aliphatic rings. The highest BCUT2D eigenvalue weighted by atomic mass is 32.1. The average Bonchev–Trinajstić information content (AvgIpc) is 2.55. The van der Waals surface area contributed by atoms with E-state index in [-0.39, 0.29) is 0 Å². The number of hydrogen-bond donors (Lipinski definition) is 1. The van der Waals surface area contributed by atoms with E-state index in [2.05, 4.69) is 9.97 Å². The number of nitrogens with zero attached hydrogens (tertiary/aromatic N) is 2. The number of rotatable bonds is 1. The van der Waals surface area contributed by atoms with Gasteiger partial charge in [0.25, 0.3) is 0 Å². The van der Waals surface area contributed by atoms with Crippen LogP contribution in [0.1, 0.15) is 0 Å². The molecule has 0 fully saturated rings. The van der Waals surface area contributed by atoms with Gasteiger partial charge >= 0.3 is 0 Å². The van der Waals surface area contributed by atoms with E-state index in [0.29, 0.717) is 10.9 Å². The molecular weight excluding hydrogens is 162 g/mol. The number of nitrogen functional groups attached to an aromatic ring is 1. The van der Waals surface area contributed by atoms with Crippen molar-refractivity contribution in [3.63, 3.8) is 0 Å². The van der Waals surface area contributed by atoms with Gasteiger partial charge in [0.2, 0.25) is 0 Å². The second-order valence-corrected chi connectivity index (χ2v) is 2.83. The van der Waals surface area contributed by atoms with Crippen LogP contribution in [0.3, 0.4) is 0 Å². The molecule has 0 unspecified atom stereocenters. The van der Waals surface area contributed by atoms with Crippen LogP contribution in [-0.4, -0.2) is 9.97 Å². The molecule has 0 amide bonds. The van der Waals surface area contributed by atoms with E-state index in [9.17, 15) is 0 Å². The Morgan fingerprint density at radius 2 is 2.45 bits per heavy atom. The number of anilines is 1. The van der Waals surface area contributed by atoms with E-state index >= 15 is 0 Å². The lowest BCUT2D eigenvalue weighted by Gasteiger charge is -1.83. The van der Waals surface area contributed by atoms with Gasteiger partial charge in [-0.3, -0.25) is 0 Å². The first kappa shape index (κ1) is 6.36. The van der Waals surface area contributed by atoms with E-state index in [1.54, 1.807) is 6.20 Å². The topological polar surface area (TPSA) is 64.9 Å². The molecule has 0 radical (unpaired) electrons. The maximum absolute atomic E-state index is 5.43. The lowest BCUT2D eigenvalue weighted by molar-refractivity contribution is 0.570. The minimum atomic E-state index is 0.538. The summed E-state index contributed by atoms with van der Waals surface area (Å²) < 4.78 is 5.01. The molecule has 4 nitrogen and oxygen atoms in total. The summed E-state index contributed by atoms with van der Waals surface area (Å²) in [6.07, 6.45) is 2.97. The maximum atomic E-state index is 5.43. The second-order valence-electron chi connectivity index (χ2n) is 1.94. The van der Waals surface area contributed by atoms with Crippen molar-refractivity contribution < 1.29 is 4.42 Å². The highest BCUT2D eigenvalue weighted by molar-refractivity contribution is 7.13. The molecule has 0 aromatic carbocycles. The third kappa shape index (κ3) is 1.10. The number of aromatic nitrogens is 2. The number of thiazole rings is 1. The Morgan fingerprint density at radius 3 is 3.00 bits per heavy atom. The van der Waals surface area contributed by atoms with E-state index in [0.717, 1.165) is 5.69 Å². The minimum absolute atomic E-state index is 0.538. The van der Waals surface area contributed by atoms with Crippen LogP contribution in [0.5, 0.6) is 0 Å². The van der Waals surface area contributed by atoms with Crippen molar-refractivity contribution in [3.05, 3.63) is 18.0 Å². The fourth-order valence-corrected chi connectivity index (χ4v) is 1.30. The van der Waals surface area contributed by atoms with Gasteiger partial charge in [0.1, 0.15) is 5.69 Å². The van der Waals surface area contributed by atoms with Gasteiger partial charge in [-0.2, -0.15) is 0 Å². The van der Waals surface area contributed by atoms with Gasteiger partial charge in [0.15, 0.2) is 17.3 Å². The normalized spacial score (nSPS) is 10.2. The van der Waals surface area contributed by atoms with Gasteiger partial charge in [-0.25, -0.2) is 9.97 Å². The van der Waals surface area contributed by atoms with Crippen molar-refractivity contribution >= 4 is 16.5 Å². The second kappa shape index (κ2) is 2.35. The Kier molecular flexibility index (Phi) is 1.36. The monoisotopic (exact) mass is 167 g/mol. The molecule has 2 heterocycles. The van der Waals surface area contributed by atoms with E-state index in [4.69, 9.17) is 10.2 Å². The summed E-state index contributed by atoms with van der Waals surface area (Å²) in [5.41, 5.74) is 6.17. The highest BCUT2D eigenvalue weighted by Gasteiger charge is 2.04. The smallest absolute Gasteiger partial charge is 0.181 e. The summed E-state index contributed by atoms with van der Waals surface area (Å²) in [4.78, 5) is 7.78. The summed E-state index contributed by atoms with van der Waals surface area (Å²) in [5, 5.41) is 2.37. The van der Waals surface area contributed by atoms with Crippen LogP contribution in [0.2, 0.25) is 0 Å². The first-order valence-corrected chi connectivity index (χ1v) is 3.84. The zero-order chi connectivity index (χ0) is 7.68. The summed E-state index contributed by atoms with van der Waals surface area (Å²) >= 11 is 1.38. The van der Waals surface area contributed by atoms with Crippen molar-refractivity contribution in [2.75, 3.05) is 5.73 Å². The molecule has 2 aromatic heterocycles. The summed E-state index contributed by atoms with van der Waals surface area (Å²) in [5.74, 6) is 0.651. The minimum Gasteiger partial charge on any atom is -0.442 e. The third-order valence-corrected chi connectivity index (χ3v) is 1.88. The summed E-state index contributed by atoms with van der Waals surface area (Å²) in [6.45, 7) is 0. The molecule has 0 saturated carbocycles. The van der Waals surface area contributed by atoms with Gasteiger partial charge in [-0.05, 0) is 0 Å².